The molecule has 2 aliphatic rings. The smallest absolute Gasteiger partial charge is 0.248 e. The van der Waals surface area contributed by atoms with Gasteiger partial charge in [-0.05, 0) is 35.9 Å². The summed E-state index contributed by atoms with van der Waals surface area (Å²) >= 11 is 6.18. The molecular formula is C18H14ClNO5. The van der Waals surface area contributed by atoms with Gasteiger partial charge in [0.15, 0.2) is 23.0 Å². The van der Waals surface area contributed by atoms with Gasteiger partial charge in [-0.25, -0.2) is 0 Å². The Hall–Kier alpha value is -2.86. The molecule has 2 aromatic rings. The molecule has 0 radical (unpaired) electrons. The zero-order valence-electron chi connectivity index (χ0n) is 13.1. The van der Waals surface area contributed by atoms with E-state index in [1.165, 1.54) is 6.08 Å². The van der Waals surface area contributed by atoms with E-state index >= 15 is 0 Å². The number of nitrogens with one attached hydrogen (secondary N) is 1. The first-order chi connectivity index (χ1) is 12.2. The molecule has 0 saturated carbocycles. The number of hydrogen-bond acceptors (Lipinski definition) is 5. The number of fused-ring (bicyclic) bond motifs is 2. The lowest BCUT2D eigenvalue weighted by molar-refractivity contribution is -0.111. The molecule has 25 heavy (non-hydrogen) atoms. The number of halogens is 1. The predicted molar refractivity (Wildman–Crippen MR) is 92.7 cm³/mol. The summed E-state index contributed by atoms with van der Waals surface area (Å²) in [7, 11) is 0. The van der Waals surface area contributed by atoms with Gasteiger partial charge in [-0.1, -0.05) is 11.6 Å². The van der Waals surface area contributed by atoms with E-state index < -0.39 is 0 Å². The molecule has 0 saturated heterocycles. The lowest BCUT2D eigenvalue weighted by Crippen LogP contribution is -2.15. The lowest BCUT2D eigenvalue weighted by atomic mass is 10.1. The van der Waals surface area contributed by atoms with Crippen LogP contribution in [0.15, 0.2) is 36.4 Å². The molecular weight excluding hydrogens is 346 g/mol. The maximum absolute atomic E-state index is 12.1. The molecule has 1 N–H and O–H groups in total. The quantitative estimate of drug-likeness (QED) is 0.850. The predicted octanol–water partition coefficient (Wildman–Crippen LogP) is 3.49. The minimum Gasteiger partial charge on any atom is -0.486 e. The molecule has 2 aliphatic heterocycles. The fourth-order valence-electron chi connectivity index (χ4n) is 2.56. The fraction of sp³-hybridized carbons (Fsp3) is 0.167. The summed E-state index contributed by atoms with van der Waals surface area (Å²) < 4.78 is 21.5. The highest BCUT2D eigenvalue weighted by atomic mass is 35.5. The molecule has 2 aromatic carbocycles. The minimum absolute atomic E-state index is 0.192. The average Bonchev–Trinajstić information content (AvgIpc) is 3.08. The Balaban J connectivity index is 1.46. The van der Waals surface area contributed by atoms with Crippen molar-refractivity contribution in [1.82, 2.24) is 0 Å². The van der Waals surface area contributed by atoms with Gasteiger partial charge in [0, 0.05) is 17.8 Å². The fourth-order valence-corrected chi connectivity index (χ4v) is 2.83. The van der Waals surface area contributed by atoms with Crippen LogP contribution < -0.4 is 24.3 Å². The SMILES string of the molecule is O=C(/C=C/c1cc(Cl)c2c(c1)OCCO2)Nc1ccc2c(c1)OCO2. The molecule has 6 nitrogen and oxygen atoms in total. The van der Waals surface area contributed by atoms with E-state index in [-0.39, 0.29) is 12.7 Å². The number of amides is 1. The highest BCUT2D eigenvalue weighted by molar-refractivity contribution is 6.32. The van der Waals surface area contributed by atoms with Gasteiger partial charge in [0.1, 0.15) is 13.2 Å². The van der Waals surface area contributed by atoms with Crippen molar-refractivity contribution in [2.24, 2.45) is 0 Å². The van der Waals surface area contributed by atoms with Gasteiger partial charge in [-0.3, -0.25) is 4.79 Å². The van der Waals surface area contributed by atoms with Crippen LogP contribution in [0.1, 0.15) is 5.56 Å². The van der Waals surface area contributed by atoms with Gasteiger partial charge < -0.3 is 24.3 Å². The van der Waals surface area contributed by atoms with Crippen molar-refractivity contribution in [3.8, 4) is 23.0 Å². The normalized spacial score (nSPS) is 14.6. The van der Waals surface area contributed by atoms with Crippen molar-refractivity contribution in [1.29, 1.82) is 0 Å². The van der Waals surface area contributed by atoms with Crippen LogP contribution in [-0.2, 0) is 4.79 Å². The molecule has 0 spiro atoms. The van der Waals surface area contributed by atoms with Crippen LogP contribution in [0, 0.1) is 0 Å². The summed E-state index contributed by atoms with van der Waals surface area (Å²) in [6.45, 7) is 1.14. The largest absolute Gasteiger partial charge is 0.486 e. The Bertz CT molecular complexity index is 865. The Morgan fingerprint density at radius 2 is 1.84 bits per heavy atom. The summed E-state index contributed by atoms with van der Waals surface area (Å²) in [6.07, 6.45) is 3.08. The van der Waals surface area contributed by atoms with Crippen molar-refractivity contribution in [3.05, 3.63) is 47.0 Å². The maximum atomic E-state index is 12.1. The Morgan fingerprint density at radius 3 is 2.76 bits per heavy atom. The number of ether oxygens (including phenoxy) is 4. The van der Waals surface area contributed by atoms with Crippen LogP contribution in [-0.4, -0.2) is 25.9 Å². The number of carbonyl (C=O) groups excluding carboxylic acids is 1. The topological polar surface area (TPSA) is 66.0 Å². The monoisotopic (exact) mass is 359 g/mol. The standard InChI is InChI=1S/C18H14ClNO5/c19-13-7-11(8-16-18(13)23-6-5-22-16)1-4-17(21)20-12-2-3-14-15(9-12)25-10-24-14/h1-4,7-9H,5-6,10H2,(H,20,21)/b4-1+. The molecule has 0 fully saturated rings. The molecule has 7 heteroatoms. The van der Waals surface area contributed by atoms with E-state index in [1.54, 1.807) is 36.4 Å². The number of anilines is 1. The Morgan fingerprint density at radius 1 is 1.00 bits per heavy atom. The maximum Gasteiger partial charge on any atom is 0.248 e. The zero-order valence-corrected chi connectivity index (χ0v) is 13.8. The first-order valence-corrected chi connectivity index (χ1v) is 8.05. The Labute approximate surface area is 148 Å². The first kappa shape index (κ1) is 15.7. The summed E-state index contributed by atoms with van der Waals surface area (Å²) in [5.41, 5.74) is 1.37. The molecule has 1 amide bonds. The molecule has 4 rings (SSSR count). The third-order valence-corrected chi connectivity index (χ3v) is 3.97. The summed E-state index contributed by atoms with van der Waals surface area (Å²) in [5.74, 6) is 2.12. The minimum atomic E-state index is -0.273. The number of rotatable bonds is 3. The molecule has 0 atom stereocenters. The van der Waals surface area contributed by atoms with Crippen molar-refractivity contribution in [2.75, 3.05) is 25.3 Å². The Kier molecular flexibility index (Phi) is 4.11. The van der Waals surface area contributed by atoms with Crippen molar-refractivity contribution < 1.29 is 23.7 Å². The van der Waals surface area contributed by atoms with Gasteiger partial charge >= 0.3 is 0 Å². The van der Waals surface area contributed by atoms with E-state index in [9.17, 15) is 4.79 Å². The van der Waals surface area contributed by atoms with E-state index in [2.05, 4.69) is 5.32 Å². The van der Waals surface area contributed by atoms with Crippen molar-refractivity contribution in [2.45, 2.75) is 0 Å². The van der Waals surface area contributed by atoms with Gasteiger partial charge in [0.05, 0.1) is 5.02 Å². The third kappa shape index (κ3) is 3.34. The summed E-state index contributed by atoms with van der Waals surface area (Å²) in [6, 6.07) is 8.72. The van der Waals surface area contributed by atoms with Crippen LogP contribution >= 0.6 is 11.6 Å². The van der Waals surface area contributed by atoms with Crippen LogP contribution in [0.25, 0.3) is 6.08 Å². The first-order valence-electron chi connectivity index (χ1n) is 7.67. The third-order valence-electron chi connectivity index (χ3n) is 3.69. The second kappa shape index (κ2) is 6.57. The zero-order chi connectivity index (χ0) is 17.2. The van der Waals surface area contributed by atoms with Crippen LogP contribution in [0.2, 0.25) is 5.02 Å². The van der Waals surface area contributed by atoms with E-state index in [1.807, 2.05) is 0 Å². The molecule has 128 valence electrons. The van der Waals surface area contributed by atoms with Crippen LogP contribution in [0.4, 0.5) is 5.69 Å². The van der Waals surface area contributed by atoms with Crippen molar-refractivity contribution in [3.63, 3.8) is 0 Å². The highest BCUT2D eigenvalue weighted by Gasteiger charge is 2.16. The second-order valence-electron chi connectivity index (χ2n) is 5.42. The summed E-state index contributed by atoms with van der Waals surface area (Å²) in [4.78, 5) is 12.1. The number of hydrogen-bond donors (Lipinski definition) is 1. The van der Waals surface area contributed by atoms with Crippen LogP contribution in [0.3, 0.4) is 0 Å². The average molecular weight is 360 g/mol. The number of benzene rings is 2. The van der Waals surface area contributed by atoms with E-state index in [0.717, 1.165) is 5.56 Å². The van der Waals surface area contributed by atoms with E-state index in [4.69, 9.17) is 30.5 Å². The lowest BCUT2D eigenvalue weighted by Gasteiger charge is -2.19. The van der Waals surface area contributed by atoms with Gasteiger partial charge in [0.25, 0.3) is 0 Å². The molecule has 0 aromatic heterocycles. The van der Waals surface area contributed by atoms with Crippen LogP contribution in [0.5, 0.6) is 23.0 Å². The molecule has 0 unspecified atom stereocenters. The summed E-state index contributed by atoms with van der Waals surface area (Å²) in [5, 5.41) is 3.22. The molecule has 2 heterocycles. The van der Waals surface area contributed by atoms with Gasteiger partial charge in [0.2, 0.25) is 12.7 Å². The molecule has 0 bridgehead atoms. The van der Waals surface area contributed by atoms with E-state index in [0.29, 0.717) is 46.9 Å². The highest BCUT2D eigenvalue weighted by Crippen LogP contribution is 2.38. The second-order valence-corrected chi connectivity index (χ2v) is 5.82. The van der Waals surface area contributed by atoms with Crippen molar-refractivity contribution >= 4 is 29.3 Å². The molecule has 0 aliphatic carbocycles. The number of carbonyl (C=O) groups is 1. The van der Waals surface area contributed by atoms with Gasteiger partial charge in [-0.2, -0.15) is 0 Å². The van der Waals surface area contributed by atoms with Gasteiger partial charge in [-0.15, -0.1) is 0 Å².